The molecule has 27 heavy (non-hydrogen) atoms. The van der Waals surface area contributed by atoms with E-state index < -0.39 is 24.2 Å². The zero-order chi connectivity index (χ0) is 19.8. The number of fused-ring (bicyclic) bond motifs is 1. The van der Waals surface area contributed by atoms with Crippen LogP contribution in [0.1, 0.15) is 5.56 Å². The molecule has 2 aromatic rings. The number of benzene rings is 2. The number of alkyl halides is 3. The second-order valence-electron chi connectivity index (χ2n) is 5.90. The van der Waals surface area contributed by atoms with Crippen LogP contribution in [0, 0.1) is 5.92 Å². The van der Waals surface area contributed by atoms with E-state index >= 15 is 0 Å². The van der Waals surface area contributed by atoms with Crippen LogP contribution in [-0.4, -0.2) is 30.5 Å². The first-order valence-corrected chi connectivity index (χ1v) is 8.99. The van der Waals surface area contributed by atoms with E-state index in [4.69, 9.17) is 26.2 Å². The average molecular weight is 419 g/mol. The van der Waals surface area contributed by atoms with Crippen molar-refractivity contribution >= 4 is 29.3 Å². The monoisotopic (exact) mass is 418 g/mol. The fraction of sp³-hybridized carbons (Fsp3) is 0.278. The highest BCUT2D eigenvalue weighted by Crippen LogP contribution is 2.43. The van der Waals surface area contributed by atoms with Crippen LogP contribution in [0.3, 0.4) is 0 Å². The molecular weight excluding hydrogens is 405 g/mol. The van der Waals surface area contributed by atoms with Crippen LogP contribution in [0.5, 0.6) is 11.5 Å². The number of halogens is 4. The minimum atomic E-state index is -4.79. The van der Waals surface area contributed by atoms with Crippen molar-refractivity contribution in [3.05, 3.63) is 47.0 Å². The summed E-state index contributed by atoms with van der Waals surface area (Å²) in [5.74, 6) is -2.60. The molecule has 0 saturated carbocycles. The molecule has 0 amide bonds. The summed E-state index contributed by atoms with van der Waals surface area (Å²) in [5, 5.41) is 9.44. The molecule has 0 radical (unpaired) electrons. The number of methoxy groups -OCH3 is 1. The molecule has 0 spiro atoms. The fourth-order valence-corrected chi connectivity index (χ4v) is 3.92. The standard InChI is InChI=1S/C18H14ClF3O4S/c1-25-10-2-4-11(5-3-10)27-15-8-14-9(7-13(15)19)6-12(17(23)24)16(26-14)18(20,21)22/h2-5,7-8,12,16H,6H2,1H3,(H,23,24). The minimum Gasteiger partial charge on any atom is -0.497 e. The van der Waals surface area contributed by atoms with E-state index in [-0.39, 0.29) is 12.2 Å². The number of aliphatic carboxylic acids is 1. The van der Waals surface area contributed by atoms with Crippen molar-refractivity contribution in [2.75, 3.05) is 7.11 Å². The van der Waals surface area contributed by atoms with Gasteiger partial charge in [0.05, 0.1) is 12.1 Å². The second-order valence-corrected chi connectivity index (χ2v) is 7.42. The number of hydrogen-bond donors (Lipinski definition) is 1. The lowest BCUT2D eigenvalue weighted by molar-refractivity contribution is -0.217. The summed E-state index contributed by atoms with van der Waals surface area (Å²) in [5.41, 5.74) is 0.340. The lowest BCUT2D eigenvalue weighted by Gasteiger charge is -2.32. The van der Waals surface area contributed by atoms with E-state index in [1.54, 1.807) is 31.4 Å². The number of carboxylic acid groups (broad SMARTS) is 1. The van der Waals surface area contributed by atoms with Gasteiger partial charge in [0.1, 0.15) is 17.4 Å². The maximum atomic E-state index is 13.2. The summed E-state index contributed by atoms with van der Waals surface area (Å²) in [7, 11) is 1.54. The molecule has 0 aliphatic carbocycles. The Morgan fingerprint density at radius 1 is 1.30 bits per heavy atom. The molecule has 144 valence electrons. The molecule has 2 atom stereocenters. The molecule has 0 fully saturated rings. The van der Waals surface area contributed by atoms with Crippen LogP contribution in [0.15, 0.2) is 46.2 Å². The van der Waals surface area contributed by atoms with E-state index in [0.29, 0.717) is 21.2 Å². The number of carbonyl (C=O) groups is 1. The molecular formula is C18H14ClF3O4S. The van der Waals surface area contributed by atoms with E-state index in [9.17, 15) is 18.0 Å². The van der Waals surface area contributed by atoms with Gasteiger partial charge in [0.2, 0.25) is 6.10 Å². The first-order valence-electron chi connectivity index (χ1n) is 7.79. The quantitative estimate of drug-likeness (QED) is 0.751. The molecule has 4 nitrogen and oxygen atoms in total. The van der Waals surface area contributed by atoms with Crippen LogP contribution >= 0.6 is 23.4 Å². The zero-order valence-electron chi connectivity index (χ0n) is 13.9. The van der Waals surface area contributed by atoms with Crippen LogP contribution in [0.4, 0.5) is 13.2 Å². The Morgan fingerprint density at radius 2 is 1.96 bits per heavy atom. The van der Waals surface area contributed by atoms with E-state index in [2.05, 4.69) is 0 Å². The predicted molar refractivity (Wildman–Crippen MR) is 93.9 cm³/mol. The number of rotatable bonds is 4. The van der Waals surface area contributed by atoms with Gasteiger partial charge in [-0.15, -0.1) is 0 Å². The summed E-state index contributed by atoms with van der Waals surface area (Å²) in [6.07, 6.45) is -7.49. The van der Waals surface area contributed by atoms with Gasteiger partial charge in [-0.05, 0) is 48.4 Å². The number of hydrogen-bond acceptors (Lipinski definition) is 4. The fourth-order valence-electron chi connectivity index (χ4n) is 2.77. The molecule has 2 aromatic carbocycles. The van der Waals surface area contributed by atoms with Crippen molar-refractivity contribution in [3.8, 4) is 11.5 Å². The summed E-state index contributed by atoms with van der Waals surface area (Å²) < 4.78 is 49.8. The topological polar surface area (TPSA) is 55.8 Å². The highest BCUT2D eigenvalue weighted by atomic mass is 35.5. The van der Waals surface area contributed by atoms with Gasteiger partial charge >= 0.3 is 12.1 Å². The lowest BCUT2D eigenvalue weighted by atomic mass is 9.90. The zero-order valence-corrected chi connectivity index (χ0v) is 15.5. The van der Waals surface area contributed by atoms with Gasteiger partial charge in [-0.25, -0.2) is 0 Å². The van der Waals surface area contributed by atoms with Crippen LogP contribution in [-0.2, 0) is 11.2 Å². The normalized spacial score (nSPS) is 19.1. The molecule has 0 bridgehead atoms. The van der Waals surface area contributed by atoms with Gasteiger partial charge in [0, 0.05) is 9.79 Å². The Morgan fingerprint density at radius 3 is 2.52 bits per heavy atom. The Kier molecular flexibility index (Phi) is 5.48. The Balaban J connectivity index is 1.91. The Hall–Kier alpha value is -2.06. The van der Waals surface area contributed by atoms with Crippen LogP contribution in [0.25, 0.3) is 0 Å². The third kappa shape index (κ3) is 4.27. The first kappa shape index (κ1) is 19.7. The summed E-state index contributed by atoms with van der Waals surface area (Å²) >= 11 is 7.51. The summed E-state index contributed by atoms with van der Waals surface area (Å²) in [6.45, 7) is 0. The molecule has 1 aliphatic rings. The van der Waals surface area contributed by atoms with Crippen molar-refractivity contribution in [2.24, 2.45) is 5.92 Å². The molecule has 1 aliphatic heterocycles. The van der Waals surface area contributed by atoms with Crippen molar-refractivity contribution in [2.45, 2.75) is 28.5 Å². The first-order chi connectivity index (χ1) is 12.7. The summed E-state index contributed by atoms with van der Waals surface area (Å²) in [6, 6.07) is 9.97. The van der Waals surface area contributed by atoms with Gasteiger partial charge in [0.25, 0.3) is 0 Å². The third-order valence-electron chi connectivity index (χ3n) is 4.10. The van der Waals surface area contributed by atoms with Gasteiger partial charge in [0.15, 0.2) is 0 Å². The van der Waals surface area contributed by atoms with Gasteiger partial charge in [-0.3, -0.25) is 4.79 Å². The van der Waals surface area contributed by atoms with Crippen molar-refractivity contribution in [1.82, 2.24) is 0 Å². The highest BCUT2D eigenvalue weighted by molar-refractivity contribution is 7.99. The Labute approximate surface area is 162 Å². The van der Waals surface area contributed by atoms with E-state index in [1.165, 1.54) is 23.9 Å². The third-order valence-corrected chi connectivity index (χ3v) is 5.59. The van der Waals surface area contributed by atoms with Crippen molar-refractivity contribution in [1.29, 1.82) is 0 Å². The largest absolute Gasteiger partial charge is 0.497 e. The minimum absolute atomic E-state index is 0.00441. The summed E-state index contributed by atoms with van der Waals surface area (Å²) in [4.78, 5) is 12.6. The average Bonchev–Trinajstić information content (AvgIpc) is 2.61. The number of ether oxygens (including phenoxy) is 2. The lowest BCUT2D eigenvalue weighted by Crippen LogP contribution is -2.47. The molecule has 1 heterocycles. The maximum Gasteiger partial charge on any atom is 0.426 e. The molecule has 0 aromatic heterocycles. The molecule has 0 saturated heterocycles. The predicted octanol–water partition coefficient (Wildman–Crippen LogP) is 5.07. The van der Waals surface area contributed by atoms with Gasteiger partial charge < -0.3 is 14.6 Å². The molecule has 2 unspecified atom stereocenters. The van der Waals surface area contributed by atoms with E-state index in [1.807, 2.05) is 0 Å². The van der Waals surface area contributed by atoms with Crippen LogP contribution < -0.4 is 9.47 Å². The molecule has 3 rings (SSSR count). The van der Waals surface area contributed by atoms with Gasteiger partial charge in [-0.1, -0.05) is 23.4 Å². The second kappa shape index (κ2) is 7.52. The smallest absolute Gasteiger partial charge is 0.426 e. The molecule has 9 heteroatoms. The van der Waals surface area contributed by atoms with E-state index in [0.717, 1.165) is 4.90 Å². The van der Waals surface area contributed by atoms with Crippen molar-refractivity contribution < 1.29 is 32.5 Å². The van der Waals surface area contributed by atoms with Gasteiger partial charge in [-0.2, -0.15) is 13.2 Å². The highest BCUT2D eigenvalue weighted by Gasteiger charge is 2.52. The maximum absolute atomic E-state index is 13.2. The Bertz CT molecular complexity index is 855. The van der Waals surface area contributed by atoms with Crippen LogP contribution in [0.2, 0.25) is 5.02 Å². The SMILES string of the molecule is COc1ccc(Sc2cc3c(cc2Cl)CC(C(=O)O)C(C(F)(F)F)O3)cc1. The number of carboxylic acids is 1. The molecule has 1 N–H and O–H groups in total. The van der Waals surface area contributed by atoms with Crippen molar-refractivity contribution in [3.63, 3.8) is 0 Å².